The first-order valence-corrected chi connectivity index (χ1v) is 6.45. The van der Waals surface area contributed by atoms with Gasteiger partial charge in [-0.25, -0.2) is 0 Å². The highest BCUT2D eigenvalue weighted by Crippen LogP contribution is 2.33. The van der Waals surface area contributed by atoms with E-state index in [2.05, 4.69) is 5.32 Å². The van der Waals surface area contributed by atoms with E-state index in [0.717, 1.165) is 0 Å². The standard InChI is InChI=1S/C14H19NO5/c1-9-12(13(18)15-14(2,7-16)8-17)20-11-6-4-3-5-10(11)19-9/h3-6,9,12,16-17H,7-8H2,1-2H3,(H,15,18). The number of nitrogens with one attached hydrogen (secondary N) is 1. The van der Waals surface area contributed by atoms with Crippen LogP contribution in [0.2, 0.25) is 0 Å². The van der Waals surface area contributed by atoms with E-state index in [9.17, 15) is 15.0 Å². The number of carbonyl (C=O) groups is 1. The Hall–Kier alpha value is -1.79. The van der Waals surface area contributed by atoms with Gasteiger partial charge in [-0.15, -0.1) is 0 Å². The molecule has 6 nitrogen and oxygen atoms in total. The summed E-state index contributed by atoms with van der Waals surface area (Å²) in [5, 5.41) is 21.0. The second-order valence-electron chi connectivity index (χ2n) is 5.17. The molecule has 2 rings (SSSR count). The van der Waals surface area contributed by atoms with Crippen LogP contribution >= 0.6 is 0 Å². The smallest absolute Gasteiger partial charge is 0.265 e. The molecule has 1 aromatic carbocycles. The number of fused-ring (bicyclic) bond motifs is 1. The Balaban J connectivity index is 2.12. The number of rotatable bonds is 4. The first-order chi connectivity index (χ1) is 9.49. The van der Waals surface area contributed by atoms with Gasteiger partial charge in [-0.05, 0) is 26.0 Å². The summed E-state index contributed by atoms with van der Waals surface area (Å²) in [6.07, 6.45) is -1.30. The van der Waals surface area contributed by atoms with E-state index < -0.39 is 23.7 Å². The molecular weight excluding hydrogens is 262 g/mol. The SMILES string of the molecule is CC1Oc2ccccc2OC1C(=O)NC(C)(CO)CO. The minimum atomic E-state index is -1.09. The lowest BCUT2D eigenvalue weighted by molar-refractivity contribution is -0.136. The van der Waals surface area contributed by atoms with E-state index in [1.54, 1.807) is 32.0 Å². The molecule has 1 aromatic rings. The third-order valence-electron chi connectivity index (χ3n) is 3.22. The Labute approximate surface area is 117 Å². The van der Waals surface area contributed by atoms with Crippen molar-refractivity contribution in [2.75, 3.05) is 13.2 Å². The van der Waals surface area contributed by atoms with Crippen LogP contribution < -0.4 is 14.8 Å². The van der Waals surface area contributed by atoms with E-state index in [-0.39, 0.29) is 13.2 Å². The summed E-state index contributed by atoms with van der Waals surface area (Å²) in [7, 11) is 0. The van der Waals surface area contributed by atoms with E-state index in [1.807, 2.05) is 6.07 Å². The number of benzene rings is 1. The van der Waals surface area contributed by atoms with E-state index in [4.69, 9.17) is 9.47 Å². The highest BCUT2D eigenvalue weighted by molar-refractivity contribution is 5.83. The summed E-state index contributed by atoms with van der Waals surface area (Å²) in [6.45, 7) is 2.55. The van der Waals surface area contributed by atoms with Crippen LogP contribution in [0.1, 0.15) is 13.8 Å². The van der Waals surface area contributed by atoms with Gasteiger partial charge in [-0.3, -0.25) is 4.79 Å². The van der Waals surface area contributed by atoms with Gasteiger partial charge < -0.3 is 25.0 Å². The average molecular weight is 281 g/mol. The molecule has 3 N–H and O–H groups in total. The van der Waals surface area contributed by atoms with Crippen molar-refractivity contribution in [3.8, 4) is 11.5 Å². The predicted octanol–water partition coefficient (Wildman–Crippen LogP) is 0.0744. The molecular formula is C14H19NO5. The third kappa shape index (κ3) is 2.86. The van der Waals surface area contributed by atoms with Crippen molar-refractivity contribution >= 4 is 5.91 Å². The molecule has 2 atom stereocenters. The van der Waals surface area contributed by atoms with E-state index in [0.29, 0.717) is 11.5 Å². The first kappa shape index (κ1) is 14.6. The number of carbonyl (C=O) groups excluding carboxylic acids is 1. The van der Waals surface area contributed by atoms with Crippen LogP contribution in [0.25, 0.3) is 0 Å². The Morgan fingerprint density at radius 1 is 1.25 bits per heavy atom. The molecule has 0 aromatic heterocycles. The number of aliphatic hydroxyl groups is 2. The maximum atomic E-state index is 12.2. The van der Waals surface area contributed by atoms with Gasteiger partial charge in [0.05, 0.1) is 18.8 Å². The largest absolute Gasteiger partial charge is 0.482 e. The normalized spacial score (nSPS) is 21.4. The molecule has 2 unspecified atom stereocenters. The zero-order valence-electron chi connectivity index (χ0n) is 11.5. The molecule has 0 spiro atoms. The number of hydrogen-bond acceptors (Lipinski definition) is 5. The second-order valence-corrected chi connectivity index (χ2v) is 5.17. The van der Waals surface area contributed by atoms with Crippen molar-refractivity contribution in [3.63, 3.8) is 0 Å². The summed E-state index contributed by atoms with van der Waals surface area (Å²) in [6, 6.07) is 7.10. The van der Waals surface area contributed by atoms with Crippen molar-refractivity contribution in [3.05, 3.63) is 24.3 Å². The highest BCUT2D eigenvalue weighted by Gasteiger charge is 2.37. The van der Waals surface area contributed by atoms with Gasteiger partial charge in [-0.2, -0.15) is 0 Å². The highest BCUT2D eigenvalue weighted by atomic mass is 16.6. The fourth-order valence-electron chi connectivity index (χ4n) is 1.90. The Kier molecular flexibility index (Phi) is 4.15. The van der Waals surface area contributed by atoms with Gasteiger partial charge in [0.2, 0.25) is 6.10 Å². The molecule has 0 saturated carbocycles. The lowest BCUT2D eigenvalue weighted by Crippen LogP contribution is -2.58. The van der Waals surface area contributed by atoms with Gasteiger partial charge >= 0.3 is 0 Å². The third-order valence-corrected chi connectivity index (χ3v) is 3.22. The molecule has 1 aliphatic heterocycles. The summed E-state index contributed by atoms with van der Waals surface area (Å²) in [5.74, 6) is 0.661. The van der Waals surface area contributed by atoms with E-state index in [1.165, 1.54) is 0 Å². The van der Waals surface area contributed by atoms with Gasteiger partial charge in [0.15, 0.2) is 11.5 Å². The van der Waals surface area contributed by atoms with Crippen LogP contribution in [-0.4, -0.2) is 47.1 Å². The lowest BCUT2D eigenvalue weighted by Gasteiger charge is -2.34. The van der Waals surface area contributed by atoms with Crippen LogP contribution in [0.15, 0.2) is 24.3 Å². The van der Waals surface area contributed by atoms with Gasteiger partial charge in [0.25, 0.3) is 5.91 Å². The van der Waals surface area contributed by atoms with Crippen molar-refractivity contribution in [1.29, 1.82) is 0 Å². The number of ether oxygens (including phenoxy) is 2. The molecule has 0 saturated heterocycles. The van der Waals surface area contributed by atoms with Crippen LogP contribution in [0.3, 0.4) is 0 Å². The van der Waals surface area contributed by atoms with Crippen LogP contribution in [0.4, 0.5) is 0 Å². The number of hydrogen-bond donors (Lipinski definition) is 3. The zero-order valence-corrected chi connectivity index (χ0v) is 11.5. The number of amides is 1. The molecule has 110 valence electrons. The minimum absolute atomic E-state index is 0.367. The Morgan fingerprint density at radius 3 is 2.35 bits per heavy atom. The van der Waals surface area contributed by atoms with Crippen LogP contribution in [0.5, 0.6) is 11.5 Å². The molecule has 0 aliphatic carbocycles. The second kappa shape index (κ2) is 5.68. The molecule has 0 bridgehead atoms. The Morgan fingerprint density at radius 2 is 1.80 bits per heavy atom. The van der Waals surface area contributed by atoms with Gasteiger partial charge in [0.1, 0.15) is 6.10 Å². The van der Waals surface area contributed by atoms with E-state index >= 15 is 0 Å². The summed E-state index contributed by atoms with van der Waals surface area (Å²) >= 11 is 0. The maximum absolute atomic E-state index is 12.2. The van der Waals surface area contributed by atoms with Crippen molar-refractivity contribution in [1.82, 2.24) is 5.32 Å². The monoisotopic (exact) mass is 281 g/mol. The molecule has 0 radical (unpaired) electrons. The Bertz CT molecular complexity index is 486. The molecule has 0 fully saturated rings. The summed E-state index contributed by atoms with van der Waals surface area (Å²) in [4.78, 5) is 12.2. The zero-order chi connectivity index (χ0) is 14.8. The van der Waals surface area contributed by atoms with Gasteiger partial charge in [0, 0.05) is 0 Å². The van der Waals surface area contributed by atoms with Crippen LogP contribution in [0, 0.1) is 0 Å². The maximum Gasteiger partial charge on any atom is 0.265 e. The summed E-state index contributed by atoms with van der Waals surface area (Å²) < 4.78 is 11.3. The molecule has 20 heavy (non-hydrogen) atoms. The molecule has 1 aliphatic rings. The number of aliphatic hydroxyl groups excluding tert-OH is 2. The minimum Gasteiger partial charge on any atom is -0.482 e. The van der Waals surface area contributed by atoms with Crippen molar-refractivity contribution < 1.29 is 24.5 Å². The molecule has 6 heteroatoms. The van der Waals surface area contributed by atoms with Crippen molar-refractivity contribution in [2.45, 2.75) is 31.6 Å². The fraction of sp³-hybridized carbons (Fsp3) is 0.500. The average Bonchev–Trinajstić information content (AvgIpc) is 2.46. The fourth-order valence-corrected chi connectivity index (χ4v) is 1.90. The van der Waals surface area contributed by atoms with Gasteiger partial charge in [-0.1, -0.05) is 12.1 Å². The van der Waals surface area contributed by atoms with Crippen molar-refractivity contribution in [2.24, 2.45) is 0 Å². The van der Waals surface area contributed by atoms with Crippen LogP contribution in [-0.2, 0) is 4.79 Å². The number of para-hydroxylation sites is 2. The predicted molar refractivity (Wildman–Crippen MR) is 71.7 cm³/mol. The topological polar surface area (TPSA) is 88.0 Å². The molecule has 1 heterocycles. The lowest BCUT2D eigenvalue weighted by atomic mass is 10.0. The molecule has 1 amide bonds. The first-order valence-electron chi connectivity index (χ1n) is 6.45. The summed E-state index contributed by atoms with van der Waals surface area (Å²) in [5.41, 5.74) is -1.09. The quantitative estimate of drug-likeness (QED) is 0.727.